The van der Waals surface area contributed by atoms with Crippen LogP contribution >= 0.6 is 0 Å². The minimum atomic E-state index is 0.253. The van der Waals surface area contributed by atoms with Crippen LogP contribution in [0.4, 0.5) is 0 Å². The highest BCUT2D eigenvalue weighted by Crippen LogP contribution is 2.20. The van der Waals surface area contributed by atoms with E-state index in [-0.39, 0.29) is 5.54 Å². The summed E-state index contributed by atoms with van der Waals surface area (Å²) in [6.07, 6.45) is 2.38. The van der Waals surface area contributed by atoms with Crippen molar-refractivity contribution in [2.75, 3.05) is 32.8 Å². The zero-order chi connectivity index (χ0) is 13.6. The predicted molar refractivity (Wildman–Crippen MR) is 78.0 cm³/mol. The van der Waals surface area contributed by atoms with Crippen LogP contribution in [0.2, 0.25) is 0 Å². The third kappa shape index (κ3) is 5.25. The van der Waals surface area contributed by atoms with Gasteiger partial charge in [0.05, 0.1) is 6.61 Å². The summed E-state index contributed by atoms with van der Waals surface area (Å²) in [5.41, 5.74) is 0.253. The lowest BCUT2D eigenvalue weighted by Gasteiger charge is -2.46. The largest absolute Gasteiger partial charge is 0.380 e. The summed E-state index contributed by atoms with van der Waals surface area (Å²) in [5.74, 6) is 0.766. The van der Waals surface area contributed by atoms with Gasteiger partial charge in [-0.25, -0.2) is 0 Å². The lowest BCUT2D eigenvalue weighted by atomic mass is 9.94. The predicted octanol–water partition coefficient (Wildman–Crippen LogP) is 2.51. The van der Waals surface area contributed by atoms with Crippen LogP contribution in [0.5, 0.6) is 0 Å². The van der Waals surface area contributed by atoms with E-state index in [0.29, 0.717) is 6.04 Å². The first-order valence-corrected chi connectivity index (χ1v) is 7.52. The minimum Gasteiger partial charge on any atom is -0.380 e. The molecular formula is C15H32N2O. The summed E-state index contributed by atoms with van der Waals surface area (Å²) in [4.78, 5) is 2.59. The van der Waals surface area contributed by atoms with Crippen molar-refractivity contribution in [1.82, 2.24) is 10.2 Å². The van der Waals surface area contributed by atoms with Gasteiger partial charge in [-0.1, -0.05) is 20.8 Å². The van der Waals surface area contributed by atoms with Gasteiger partial charge in [-0.15, -0.1) is 0 Å². The Kier molecular flexibility index (Phi) is 6.61. The third-order valence-electron chi connectivity index (χ3n) is 3.73. The molecule has 1 unspecified atom stereocenters. The van der Waals surface area contributed by atoms with Crippen LogP contribution in [-0.2, 0) is 4.74 Å². The second kappa shape index (κ2) is 7.46. The normalized spacial score (nSPS) is 24.7. The monoisotopic (exact) mass is 256 g/mol. The average molecular weight is 256 g/mol. The van der Waals surface area contributed by atoms with E-state index in [0.717, 1.165) is 45.2 Å². The maximum absolute atomic E-state index is 5.63. The Morgan fingerprint density at radius 3 is 2.67 bits per heavy atom. The van der Waals surface area contributed by atoms with Crippen molar-refractivity contribution in [2.45, 2.75) is 59.0 Å². The van der Waals surface area contributed by atoms with Crippen LogP contribution in [0.3, 0.4) is 0 Å². The lowest BCUT2D eigenvalue weighted by Crippen LogP contribution is -2.62. The summed E-state index contributed by atoms with van der Waals surface area (Å²) >= 11 is 0. The van der Waals surface area contributed by atoms with Gasteiger partial charge in [0.1, 0.15) is 0 Å². The second-order valence-corrected chi connectivity index (χ2v) is 6.58. The quantitative estimate of drug-likeness (QED) is 0.708. The first kappa shape index (κ1) is 15.9. The molecule has 0 aromatic heterocycles. The fraction of sp³-hybridized carbons (Fsp3) is 1.00. The Hall–Kier alpha value is -0.120. The molecule has 1 heterocycles. The Bertz CT molecular complexity index is 229. The molecule has 0 amide bonds. The molecule has 0 bridgehead atoms. The second-order valence-electron chi connectivity index (χ2n) is 6.58. The highest BCUT2D eigenvalue weighted by atomic mass is 16.5. The molecule has 0 aliphatic carbocycles. The zero-order valence-electron chi connectivity index (χ0n) is 13.0. The number of hydrogen-bond acceptors (Lipinski definition) is 3. The van der Waals surface area contributed by atoms with Gasteiger partial charge < -0.3 is 10.1 Å². The Labute approximate surface area is 113 Å². The molecule has 108 valence electrons. The van der Waals surface area contributed by atoms with Gasteiger partial charge in [0.25, 0.3) is 0 Å². The lowest BCUT2D eigenvalue weighted by molar-refractivity contribution is 0.0258. The smallest absolute Gasteiger partial charge is 0.0593 e. The van der Waals surface area contributed by atoms with Gasteiger partial charge in [0.15, 0.2) is 0 Å². The highest BCUT2D eigenvalue weighted by molar-refractivity contribution is 4.92. The maximum Gasteiger partial charge on any atom is 0.0593 e. The van der Waals surface area contributed by atoms with Crippen molar-refractivity contribution in [3.05, 3.63) is 0 Å². The Morgan fingerprint density at radius 2 is 2.06 bits per heavy atom. The summed E-state index contributed by atoms with van der Waals surface area (Å²) in [6.45, 7) is 16.5. The topological polar surface area (TPSA) is 24.5 Å². The minimum absolute atomic E-state index is 0.253. The number of hydrogen-bond donors (Lipinski definition) is 1. The molecule has 0 spiro atoms. The van der Waals surface area contributed by atoms with Crippen molar-refractivity contribution in [3.8, 4) is 0 Å². The maximum atomic E-state index is 5.63. The van der Waals surface area contributed by atoms with Crippen molar-refractivity contribution >= 4 is 0 Å². The number of piperazine rings is 1. The van der Waals surface area contributed by atoms with Gasteiger partial charge in [0, 0.05) is 37.8 Å². The Balaban J connectivity index is 2.39. The number of ether oxygens (including phenoxy) is 1. The van der Waals surface area contributed by atoms with E-state index in [1.54, 1.807) is 0 Å². The van der Waals surface area contributed by atoms with Gasteiger partial charge in [0.2, 0.25) is 0 Å². The van der Waals surface area contributed by atoms with Crippen LogP contribution in [0, 0.1) is 5.92 Å². The van der Waals surface area contributed by atoms with Crippen LogP contribution in [0.25, 0.3) is 0 Å². The van der Waals surface area contributed by atoms with Gasteiger partial charge in [-0.3, -0.25) is 4.90 Å². The molecule has 3 nitrogen and oxygen atoms in total. The number of nitrogens with zero attached hydrogens (tertiary/aromatic N) is 1. The molecule has 1 aliphatic rings. The molecule has 1 fully saturated rings. The number of nitrogens with one attached hydrogen (secondary N) is 1. The molecule has 1 saturated heterocycles. The summed E-state index contributed by atoms with van der Waals surface area (Å²) in [5, 5.41) is 3.69. The van der Waals surface area contributed by atoms with E-state index in [1.165, 1.54) is 6.42 Å². The van der Waals surface area contributed by atoms with E-state index >= 15 is 0 Å². The summed E-state index contributed by atoms with van der Waals surface area (Å²) < 4.78 is 5.63. The molecule has 0 aromatic rings. The van der Waals surface area contributed by atoms with E-state index < -0.39 is 0 Å². The van der Waals surface area contributed by atoms with Gasteiger partial charge in [-0.2, -0.15) is 0 Å². The standard InChI is InChI=1S/C15H32N2O/c1-6-8-18-9-7-17-11-14(10-13(2)3)16-12-15(17,4)5/h13-14,16H,6-12H2,1-5H3. The molecule has 3 heteroatoms. The molecule has 0 saturated carbocycles. The molecule has 1 rings (SSSR count). The molecule has 0 radical (unpaired) electrons. The van der Waals surface area contributed by atoms with E-state index in [1.807, 2.05) is 0 Å². The van der Waals surface area contributed by atoms with E-state index in [9.17, 15) is 0 Å². The SMILES string of the molecule is CCCOCCN1CC(CC(C)C)NCC1(C)C. The molecule has 18 heavy (non-hydrogen) atoms. The molecule has 1 N–H and O–H groups in total. The fourth-order valence-electron chi connectivity index (χ4n) is 2.63. The highest BCUT2D eigenvalue weighted by Gasteiger charge is 2.33. The van der Waals surface area contributed by atoms with Crippen LogP contribution < -0.4 is 5.32 Å². The van der Waals surface area contributed by atoms with Crippen LogP contribution in [0.1, 0.15) is 47.5 Å². The molecule has 1 aliphatic heterocycles. The third-order valence-corrected chi connectivity index (χ3v) is 3.73. The Morgan fingerprint density at radius 1 is 1.33 bits per heavy atom. The van der Waals surface area contributed by atoms with Gasteiger partial charge in [-0.05, 0) is 32.6 Å². The van der Waals surface area contributed by atoms with Crippen LogP contribution in [-0.4, -0.2) is 49.3 Å². The fourth-order valence-corrected chi connectivity index (χ4v) is 2.63. The van der Waals surface area contributed by atoms with Crippen molar-refractivity contribution in [3.63, 3.8) is 0 Å². The average Bonchev–Trinajstić information content (AvgIpc) is 2.28. The molecule has 1 atom stereocenters. The summed E-state index contributed by atoms with van der Waals surface area (Å²) in [7, 11) is 0. The number of rotatable bonds is 7. The van der Waals surface area contributed by atoms with Gasteiger partial charge >= 0.3 is 0 Å². The van der Waals surface area contributed by atoms with Crippen molar-refractivity contribution in [1.29, 1.82) is 0 Å². The first-order valence-electron chi connectivity index (χ1n) is 7.52. The van der Waals surface area contributed by atoms with E-state index in [4.69, 9.17) is 4.74 Å². The van der Waals surface area contributed by atoms with E-state index in [2.05, 4.69) is 44.8 Å². The summed E-state index contributed by atoms with van der Waals surface area (Å²) in [6, 6.07) is 0.643. The first-order chi connectivity index (χ1) is 8.45. The zero-order valence-corrected chi connectivity index (χ0v) is 13.0. The van der Waals surface area contributed by atoms with Crippen molar-refractivity contribution in [2.24, 2.45) is 5.92 Å². The van der Waals surface area contributed by atoms with Crippen LogP contribution in [0.15, 0.2) is 0 Å². The molecular weight excluding hydrogens is 224 g/mol. The molecule has 0 aromatic carbocycles. The van der Waals surface area contributed by atoms with Crippen molar-refractivity contribution < 1.29 is 4.74 Å².